The molecule has 0 atom stereocenters. The number of imidazole rings is 1. The van der Waals surface area contributed by atoms with Crippen LogP contribution in [0.3, 0.4) is 0 Å². The molecule has 0 aliphatic carbocycles. The van der Waals surface area contributed by atoms with Crippen molar-refractivity contribution >= 4 is 15.9 Å². The number of ether oxygens (including phenoxy) is 1. The van der Waals surface area contributed by atoms with Gasteiger partial charge in [-0.1, -0.05) is 15.9 Å². The summed E-state index contributed by atoms with van der Waals surface area (Å²) in [5.74, 6) is 2.29. The van der Waals surface area contributed by atoms with Crippen molar-refractivity contribution in [3.63, 3.8) is 0 Å². The number of methoxy groups -OCH3 is 1. The Morgan fingerprint density at radius 2 is 1.72 bits per heavy atom. The maximum atomic E-state index is 5.31. The molecule has 2 aromatic carbocycles. The Morgan fingerprint density at radius 3 is 2.44 bits per heavy atom. The van der Waals surface area contributed by atoms with Crippen LogP contribution in [0.5, 0.6) is 5.75 Å². The van der Waals surface area contributed by atoms with E-state index < -0.39 is 0 Å². The van der Waals surface area contributed by atoms with Crippen LogP contribution < -0.4 is 9.30 Å². The molecule has 0 radical (unpaired) electrons. The number of fused-ring (bicyclic) bond motifs is 1. The molecule has 4 heteroatoms. The van der Waals surface area contributed by atoms with Crippen LogP contribution in [0.2, 0.25) is 0 Å². The van der Waals surface area contributed by atoms with E-state index in [4.69, 9.17) is 4.74 Å². The first-order valence-corrected chi connectivity index (χ1v) is 9.60. The molecule has 25 heavy (non-hydrogen) atoms. The van der Waals surface area contributed by atoms with Crippen LogP contribution in [-0.4, -0.2) is 11.7 Å². The van der Waals surface area contributed by atoms with E-state index in [2.05, 4.69) is 67.7 Å². The molecule has 0 N–H and O–H groups in total. The maximum Gasteiger partial charge on any atom is 0.262 e. The Balaban J connectivity index is 1.85. The molecule has 1 aliphatic heterocycles. The molecule has 0 bridgehead atoms. The molecular formula is C21H22BrN2O+. The summed E-state index contributed by atoms with van der Waals surface area (Å²) >= 11 is 3.53. The van der Waals surface area contributed by atoms with Gasteiger partial charge in [0.25, 0.3) is 5.82 Å². The molecule has 1 aromatic heterocycles. The van der Waals surface area contributed by atoms with Crippen molar-refractivity contribution in [2.45, 2.75) is 32.2 Å². The van der Waals surface area contributed by atoms with Crippen LogP contribution in [0.15, 0.2) is 59.2 Å². The Bertz CT molecular complexity index is 866. The average Bonchev–Trinajstić information content (AvgIpc) is 2.84. The van der Waals surface area contributed by atoms with E-state index in [-0.39, 0.29) is 0 Å². The maximum absolute atomic E-state index is 5.31. The van der Waals surface area contributed by atoms with Crippen molar-refractivity contribution in [2.75, 3.05) is 7.11 Å². The van der Waals surface area contributed by atoms with Crippen LogP contribution in [0.25, 0.3) is 16.9 Å². The minimum absolute atomic E-state index is 0.896. The fraction of sp³-hybridized carbons (Fsp3) is 0.286. The summed E-state index contributed by atoms with van der Waals surface area (Å²) in [6.45, 7) is 1.08. The minimum Gasteiger partial charge on any atom is -0.497 e. The molecule has 4 rings (SSSR count). The highest BCUT2D eigenvalue weighted by atomic mass is 79.9. The van der Waals surface area contributed by atoms with E-state index in [0.29, 0.717) is 0 Å². The van der Waals surface area contributed by atoms with Gasteiger partial charge in [-0.05, 0) is 67.8 Å². The van der Waals surface area contributed by atoms with Gasteiger partial charge in [-0.3, -0.25) is 0 Å². The fourth-order valence-corrected chi connectivity index (χ4v) is 3.85. The SMILES string of the molecule is COc1ccc(-c2cn(-c3ccc(Br)cc3)c3[n+]2CCCCC3)cc1. The predicted molar refractivity (Wildman–Crippen MR) is 103 cm³/mol. The van der Waals surface area contributed by atoms with Crippen LogP contribution in [-0.2, 0) is 13.0 Å². The molecular weight excluding hydrogens is 376 g/mol. The fourth-order valence-electron chi connectivity index (χ4n) is 3.59. The van der Waals surface area contributed by atoms with Gasteiger partial charge in [0.15, 0.2) is 5.69 Å². The first-order chi connectivity index (χ1) is 12.3. The second-order valence-corrected chi connectivity index (χ2v) is 7.38. The molecule has 128 valence electrons. The van der Waals surface area contributed by atoms with Gasteiger partial charge in [0.1, 0.15) is 17.6 Å². The molecule has 2 heterocycles. The van der Waals surface area contributed by atoms with Gasteiger partial charge in [0.05, 0.1) is 13.7 Å². The third-order valence-electron chi connectivity index (χ3n) is 4.90. The van der Waals surface area contributed by atoms with E-state index >= 15 is 0 Å². The molecule has 3 aromatic rings. The van der Waals surface area contributed by atoms with Crippen molar-refractivity contribution in [3.05, 3.63) is 65.0 Å². The minimum atomic E-state index is 0.896. The van der Waals surface area contributed by atoms with Gasteiger partial charge in [0, 0.05) is 16.5 Å². The lowest BCUT2D eigenvalue weighted by Crippen LogP contribution is -2.38. The second-order valence-electron chi connectivity index (χ2n) is 6.47. The van der Waals surface area contributed by atoms with Gasteiger partial charge in [-0.15, -0.1) is 0 Å². The van der Waals surface area contributed by atoms with E-state index in [9.17, 15) is 0 Å². The van der Waals surface area contributed by atoms with Crippen LogP contribution in [0.4, 0.5) is 0 Å². The van der Waals surface area contributed by atoms with Gasteiger partial charge in [0.2, 0.25) is 0 Å². The second kappa shape index (κ2) is 7.04. The predicted octanol–water partition coefficient (Wildman–Crippen LogP) is 4.93. The quantitative estimate of drug-likeness (QED) is 0.573. The average molecular weight is 398 g/mol. The van der Waals surface area contributed by atoms with Crippen molar-refractivity contribution in [1.29, 1.82) is 0 Å². The first kappa shape index (κ1) is 16.4. The molecule has 0 amide bonds. The highest BCUT2D eigenvalue weighted by Gasteiger charge is 2.26. The lowest BCUT2D eigenvalue weighted by atomic mass is 10.1. The number of rotatable bonds is 3. The van der Waals surface area contributed by atoms with Gasteiger partial charge >= 0.3 is 0 Å². The van der Waals surface area contributed by atoms with Crippen LogP contribution >= 0.6 is 15.9 Å². The third kappa shape index (κ3) is 3.23. The Morgan fingerprint density at radius 1 is 0.960 bits per heavy atom. The normalized spacial score (nSPS) is 14.0. The zero-order valence-electron chi connectivity index (χ0n) is 14.4. The standard InChI is InChI=1S/C21H22BrN2O/c1-25-19-12-6-16(7-13-19)20-15-24(18-10-8-17(22)9-11-18)21-5-3-2-4-14-23(20)21/h6-13,15H,2-5,14H2,1H3/q+1. The summed E-state index contributed by atoms with van der Waals surface area (Å²) < 4.78 is 11.3. The Kier molecular flexibility index (Phi) is 4.62. The van der Waals surface area contributed by atoms with Gasteiger partial charge in [-0.2, -0.15) is 4.57 Å². The van der Waals surface area contributed by atoms with E-state index in [0.717, 1.165) is 23.2 Å². The van der Waals surface area contributed by atoms with Crippen LogP contribution in [0, 0.1) is 0 Å². The lowest BCUT2D eigenvalue weighted by molar-refractivity contribution is -0.692. The smallest absolute Gasteiger partial charge is 0.262 e. The number of hydrogen-bond acceptors (Lipinski definition) is 1. The molecule has 3 nitrogen and oxygen atoms in total. The monoisotopic (exact) mass is 397 g/mol. The summed E-state index contributed by atoms with van der Waals surface area (Å²) in [6, 6.07) is 16.9. The summed E-state index contributed by atoms with van der Waals surface area (Å²) in [5.41, 5.74) is 3.73. The van der Waals surface area contributed by atoms with Crippen molar-refractivity contribution in [3.8, 4) is 22.7 Å². The number of aromatic nitrogens is 2. The van der Waals surface area contributed by atoms with Crippen molar-refractivity contribution in [1.82, 2.24) is 4.57 Å². The third-order valence-corrected chi connectivity index (χ3v) is 5.43. The number of benzene rings is 2. The van der Waals surface area contributed by atoms with E-state index in [1.807, 2.05) is 12.1 Å². The van der Waals surface area contributed by atoms with Crippen molar-refractivity contribution in [2.24, 2.45) is 0 Å². The lowest BCUT2D eigenvalue weighted by Gasteiger charge is -2.04. The van der Waals surface area contributed by atoms with Crippen LogP contribution in [0.1, 0.15) is 25.1 Å². The number of nitrogens with zero attached hydrogens (tertiary/aromatic N) is 2. The van der Waals surface area contributed by atoms with Gasteiger partial charge < -0.3 is 4.74 Å². The summed E-state index contributed by atoms with van der Waals surface area (Å²) in [7, 11) is 1.71. The molecule has 0 saturated heterocycles. The molecule has 0 saturated carbocycles. The van der Waals surface area contributed by atoms with Gasteiger partial charge in [-0.25, -0.2) is 4.57 Å². The summed E-state index contributed by atoms with van der Waals surface area (Å²) in [5, 5.41) is 0. The zero-order chi connectivity index (χ0) is 17.2. The van der Waals surface area contributed by atoms with E-state index in [1.165, 1.54) is 42.0 Å². The number of hydrogen-bond donors (Lipinski definition) is 0. The summed E-state index contributed by atoms with van der Waals surface area (Å²) in [6.07, 6.45) is 7.19. The molecule has 0 fully saturated rings. The first-order valence-electron chi connectivity index (χ1n) is 8.81. The number of halogens is 1. The van der Waals surface area contributed by atoms with E-state index in [1.54, 1.807) is 7.11 Å². The molecule has 0 unspecified atom stereocenters. The van der Waals surface area contributed by atoms with Crippen molar-refractivity contribution < 1.29 is 9.30 Å². The largest absolute Gasteiger partial charge is 0.497 e. The Hall–Kier alpha value is -2.07. The molecule has 1 aliphatic rings. The Labute approximate surface area is 157 Å². The summed E-state index contributed by atoms with van der Waals surface area (Å²) in [4.78, 5) is 0. The zero-order valence-corrected chi connectivity index (χ0v) is 16.0. The topological polar surface area (TPSA) is 18.0 Å². The highest BCUT2D eigenvalue weighted by molar-refractivity contribution is 9.10. The molecule has 0 spiro atoms. The highest BCUT2D eigenvalue weighted by Crippen LogP contribution is 2.25.